The molecule has 0 spiro atoms. The number of rotatable bonds is 5. The first kappa shape index (κ1) is 22.0. The van der Waals surface area contributed by atoms with E-state index in [1.807, 2.05) is 44.7 Å². The molecule has 2 heterocycles. The third kappa shape index (κ3) is 4.89. The zero-order chi connectivity index (χ0) is 21.8. The summed E-state index contributed by atoms with van der Waals surface area (Å²) in [5.74, 6) is 0.264. The number of pyridine rings is 1. The summed E-state index contributed by atoms with van der Waals surface area (Å²) in [5, 5.41) is 3.04. The van der Waals surface area contributed by atoms with Gasteiger partial charge in [0.15, 0.2) is 0 Å². The summed E-state index contributed by atoms with van der Waals surface area (Å²) < 4.78 is 0. The lowest BCUT2D eigenvalue weighted by molar-refractivity contribution is -0.145. The molecule has 1 aromatic heterocycles. The number of aromatic nitrogens is 1. The second-order valence-electron chi connectivity index (χ2n) is 9.29. The Morgan fingerprint density at radius 2 is 1.57 bits per heavy atom. The number of nitrogens with one attached hydrogen (secondary N) is 1. The molecule has 160 valence electrons. The molecule has 0 bridgehead atoms. The van der Waals surface area contributed by atoms with Crippen LogP contribution in [0.3, 0.4) is 0 Å². The van der Waals surface area contributed by atoms with Crippen molar-refractivity contribution in [1.29, 1.82) is 0 Å². The molecule has 1 fully saturated rings. The fourth-order valence-electron chi connectivity index (χ4n) is 4.19. The lowest BCUT2D eigenvalue weighted by atomic mass is 9.72. The van der Waals surface area contributed by atoms with Crippen LogP contribution in [-0.4, -0.2) is 41.3 Å². The molecule has 0 atom stereocenters. The molecule has 1 saturated heterocycles. The van der Waals surface area contributed by atoms with Gasteiger partial charge in [-0.3, -0.25) is 14.6 Å². The van der Waals surface area contributed by atoms with Gasteiger partial charge in [-0.05, 0) is 55.0 Å². The van der Waals surface area contributed by atoms with E-state index < -0.39 is 10.8 Å². The van der Waals surface area contributed by atoms with Gasteiger partial charge in [0, 0.05) is 37.4 Å². The second-order valence-corrected chi connectivity index (χ2v) is 9.29. The standard InChI is InChI=1S/C25H33N3O2/c1-5-27-22(29)25(12-16-28(17-13-25)23(30)24(2,3)4)18-19-6-8-20(9-7-19)21-10-14-26-15-11-21/h6-11,14-15H,5,12-13,16-18H2,1-4H3,(H,27,29). The molecule has 0 saturated carbocycles. The first-order valence-corrected chi connectivity index (χ1v) is 10.8. The molecule has 2 amide bonds. The van der Waals surface area contributed by atoms with Gasteiger partial charge in [0.05, 0.1) is 5.41 Å². The number of likely N-dealkylation sites (tertiary alicyclic amines) is 1. The smallest absolute Gasteiger partial charge is 0.227 e. The number of nitrogens with zero attached hydrogens (tertiary/aromatic N) is 2. The van der Waals surface area contributed by atoms with Gasteiger partial charge in [0.1, 0.15) is 0 Å². The average Bonchev–Trinajstić information content (AvgIpc) is 2.74. The monoisotopic (exact) mass is 407 g/mol. The van der Waals surface area contributed by atoms with Gasteiger partial charge in [0.25, 0.3) is 0 Å². The molecule has 5 nitrogen and oxygen atoms in total. The highest BCUT2D eigenvalue weighted by molar-refractivity contribution is 5.85. The summed E-state index contributed by atoms with van der Waals surface area (Å²) in [5.41, 5.74) is 2.55. The minimum atomic E-state index is -0.469. The fraction of sp³-hybridized carbons (Fsp3) is 0.480. The molecular formula is C25H33N3O2. The number of piperidine rings is 1. The Kier molecular flexibility index (Phi) is 6.59. The van der Waals surface area contributed by atoms with Gasteiger partial charge >= 0.3 is 0 Å². The molecular weight excluding hydrogens is 374 g/mol. The van der Waals surface area contributed by atoms with Crippen LogP contribution in [0, 0.1) is 10.8 Å². The number of amides is 2. The van der Waals surface area contributed by atoms with Crippen LogP contribution >= 0.6 is 0 Å². The second kappa shape index (κ2) is 8.99. The molecule has 1 N–H and O–H groups in total. The van der Waals surface area contributed by atoms with Crippen LogP contribution in [0.1, 0.15) is 46.1 Å². The van der Waals surface area contributed by atoms with Crippen LogP contribution in [0.5, 0.6) is 0 Å². The van der Waals surface area contributed by atoms with Crippen molar-refractivity contribution >= 4 is 11.8 Å². The van der Waals surface area contributed by atoms with Crippen LogP contribution in [0.2, 0.25) is 0 Å². The van der Waals surface area contributed by atoms with Crippen molar-refractivity contribution in [2.75, 3.05) is 19.6 Å². The number of hydrogen-bond donors (Lipinski definition) is 1. The van der Waals surface area contributed by atoms with Crippen molar-refractivity contribution in [2.24, 2.45) is 10.8 Å². The Labute approximate surface area is 179 Å². The van der Waals surface area contributed by atoms with Crippen LogP contribution in [0.15, 0.2) is 48.8 Å². The largest absolute Gasteiger partial charge is 0.356 e. The van der Waals surface area contributed by atoms with E-state index in [0.29, 0.717) is 38.9 Å². The molecule has 1 aliphatic rings. The highest BCUT2D eigenvalue weighted by atomic mass is 16.2. The molecule has 0 aliphatic carbocycles. The van der Waals surface area contributed by atoms with E-state index in [1.165, 1.54) is 0 Å². The van der Waals surface area contributed by atoms with Crippen molar-refractivity contribution in [3.8, 4) is 11.1 Å². The minimum absolute atomic E-state index is 0.103. The van der Waals surface area contributed by atoms with Crippen LogP contribution in [-0.2, 0) is 16.0 Å². The highest BCUT2D eigenvalue weighted by Gasteiger charge is 2.43. The van der Waals surface area contributed by atoms with Gasteiger partial charge in [-0.2, -0.15) is 0 Å². The topological polar surface area (TPSA) is 62.3 Å². The average molecular weight is 408 g/mol. The SMILES string of the molecule is CCNC(=O)C1(Cc2ccc(-c3ccncc3)cc2)CCN(C(=O)C(C)(C)C)CC1. The van der Waals surface area contributed by atoms with Crippen LogP contribution in [0.4, 0.5) is 0 Å². The van der Waals surface area contributed by atoms with E-state index in [0.717, 1.165) is 16.7 Å². The van der Waals surface area contributed by atoms with Gasteiger partial charge in [-0.15, -0.1) is 0 Å². The lowest BCUT2D eigenvalue weighted by Crippen LogP contribution is -2.53. The van der Waals surface area contributed by atoms with Crippen molar-refractivity contribution < 1.29 is 9.59 Å². The van der Waals surface area contributed by atoms with Gasteiger partial charge in [0.2, 0.25) is 11.8 Å². The van der Waals surface area contributed by atoms with Crippen molar-refractivity contribution in [2.45, 2.75) is 47.0 Å². The van der Waals surface area contributed by atoms with E-state index in [9.17, 15) is 9.59 Å². The summed E-state index contributed by atoms with van der Waals surface area (Å²) in [7, 11) is 0. The Hall–Kier alpha value is -2.69. The third-order valence-electron chi connectivity index (χ3n) is 5.98. The quantitative estimate of drug-likeness (QED) is 0.812. The molecule has 3 rings (SSSR count). The van der Waals surface area contributed by atoms with Gasteiger partial charge < -0.3 is 10.2 Å². The first-order valence-electron chi connectivity index (χ1n) is 10.8. The maximum atomic E-state index is 13.1. The summed E-state index contributed by atoms with van der Waals surface area (Å²) in [4.78, 5) is 31.7. The summed E-state index contributed by atoms with van der Waals surface area (Å²) in [6.07, 6.45) is 5.65. The van der Waals surface area contributed by atoms with E-state index in [4.69, 9.17) is 0 Å². The number of carbonyl (C=O) groups is 2. The van der Waals surface area contributed by atoms with Crippen LogP contribution in [0.25, 0.3) is 11.1 Å². The number of carbonyl (C=O) groups excluding carboxylic acids is 2. The zero-order valence-electron chi connectivity index (χ0n) is 18.6. The summed E-state index contributed by atoms with van der Waals surface area (Å²) >= 11 is 0. The normalized spacial score (nSPS) is 16.2. The van der Waals surface area contributed by atoms with E-state index >= 15 is 0 Å². The molecule has 5 heteroatoms. The zero-order valence-corrected chi connectivity index (χ0v) is 18.6. The minimum Gasteiger partial charge on any atom is -0.356 e. The van der Waals surface area contributed by atoms with E-state index in [1.54, 1.807) is 12.4 Å². The molecule has 1 aromatic carbocycles. The van der Waals surface area contributed by atoms with Crippen molar-refractivity contribution in [3.05, 3.63) is 54.4 Å². The Bertz CT molecular complexity index is 862. The van der Waals surface area contributed by atoms with Crippen molar-refractivity contribution in [1.82, 2.24) is 15.2 Å². The predicted molar refractivity (Wildman–Crippen MR) is 120 cm³/mol. The molecule has 0 radical (unpaired) electrons. The fourth-order valence-corrected chi connectivity index (χ4v) is 4.19. The van der Waals surface area contributed by atoms with Gasteiger partial charge in [-0.1, -0.05) is 45.0 Å². The van der Waals surface area contributed by atoms with E-state index in [-0.39, 0.29) is 11.8 Å². The number of hydrogen-bond acceptors (Lipinski definition) is 3. The summed E-state index contributed by atoms with van der Waals surface area (Å²) in [6, 6.07) is 12.4. The Morgan fingerprint density at radius 1 is 1.00 bits per heavy atom. The summed E-state index contributed by atoms with van der Waals surface area (Å²) in [6.45, 7) is 9.67. The van der Waals surface area contributed by atoms with E-state index in [2.05, 4.69) is 34.6 Å². The predicted octanol–water partition coefficient (Wildman–Crippen LogP) is 4.08. The Balaban J connectivity index is 1.77. The first-order chi connectivity index (χ1) is 14.2. The van der Waals surface area contributed by atoms with Crippen molar-refractivity contribution in [3.63, 3.8) is 0 Å². The molecule has 2 aromatic rings. The number of benzene rings is 1. The highest BCUT2D eigenvalue weighted by Crippen LogP contribution is 2.37. The molecule has 0 unspecified atom stereocenters. The maximum Gasteiger partial charge on any atom is 0.227 e. The Morgan fingerprint density at radius 3 is 2.10 bits per heavy atom. The third-order valence-corrected chi connectivity index (χ3v) is 5.98. The molecule has 1 aliphatic heterocycles. The lowest BCUT2D eigenvalue weighted by Gasteiger charge is -2.42. The van der Waals surface area contributed by atoms with Crippen LogP contribution < -0.4 is 5.32 Å². The van der Waals surface area contributed by atoms with Gasteiger partial charge in [-0.25, -0.2) is 0 Å². The maximum absolute atomic E-state index is 13.1. The molecule has 30 heavy (non-hydrogen) atoms.